The van der Waals surface area contributed by atoms with Gasteiger partial charge >= 0.3 is 0 Å². The molecule has 2 atom stereocenters. The number of rotatable bonds is 2. The van der Waals surface area contributed by atoms with E-state index in [0.29, 0.717) is 10.9 Å². The van der Waals surface area contributed by atoms with Crippen LogP contribution in [0.25, 0.3) is 0 Å². The third kappa shape index (κ3) is 1.62. The van der Waals surface area contributed by atoms with E-state index in [1.807, 2.05) is 6.07 Å². The van der Waals surface area contributed by atoms with Crippen LogP contribution < -0.4 is 21.8 Å². The number of hydrogen-bond donors (Lipinski definition) is 2. The Morgan fingerprint density at radius 3 is 3.00 bits per heavy atom. The van der Waals surface area contributed by atoms with Gasteiger partial charge in [-0.3, -0.25) is 14.8 Å². The van der Waals surface area contributed by atoms with Crippen LogP contribution in [0.1, 0.15) is 30.1 Å². The molecule has 1 fully saturated rings. The summed E-state index contributed by atoms with van der Waals surface area (Å²) in [6, 6.07) is 5.38. The molecule has 1 saturated heterocycles. The number of nitrogens with zero attached hydrogens (tertiary/aromatic N) is 2. The van der Waals surface area contributed by atoms with Crippen LogP contribution in [0.2, 0.25) is 0 Å². The predicted molar refractivity (Wildman–Crippen MR) is 66.7 cm³/mol. The van der Waals surface area contributed by atoms with E-state index >= 15 is 0 Å². The van der Waals surface area contributed by atoms with Crippen LogP contribution in [0, 0.1) is 0 Å². The Labute approximate surface area is 105 Å². The second kappa shape index (κ2) is 3.88. The summed E-state index contributed by atoms with van der Waals surface area (Å²) in [6.45, 7) is 3.13. The fourth-order valence-corrected chi connectivity index (χ4v) is 2.68. The summed E-state index contributed by atoms with van der Waals surface area (Å²) in [5.74, 6) is -0.448. The first-order valence-corrected chi connectivity index (χ1v) is 6.20. The van der Waals surface area contributed by atoms with Crippen LogP contribution in [-0.2, 0) is 0 Å². The van der Waals surface area contributed by atoms with E-state index in [-0.39, 0.29) is 11.7 Å². The highest BCUT2D eigenvalue weighted by molar-refractivity contribution is 5.92. The number of fused-ring (bicyclic) bond motifs is 1. The number of primary amides is 1. The van der Waals surface area contributed by atoms with Gasteiger partial charge in [-0.15, -0.1) is 0 Å². The molecule has 2 aliphatic rings. The molecule has 5 nitrogen and oxygen atoms in total. The molecule has 18 heavy (non-hydrogen) atoms. The molecular weight excluding hydrogens is 228 g/mol. The van der Waals surface area contributed by atoms with Crippen LogP contribution in [-0.4, -0.2) is 24.2 Å². The molecule has 0 aromatic heterocycles. The van der Waals surface area contributed by atoms with Gasteiger partial charge in [-0.1, -0.05) is 6.07 Å². The van der Waals surface area contributed by atoms with E-state index in [9.17, 15) is 4.79 Å². The molecule has 1 amide bonds. The van der Waals surface area contributed by atoms with Crippen LogP contribution in [0.15, 0.2) is 28.2 Å². The van der Waals surface area contributed by atoms with Gasteiger partial charge < -0.3 is 11.1 Å². The Bertz CT molecular complexity index is 616. The summed E-state index contributed by atoms with van der Waals surface area (Å²) in [4.78, 5) is 20.6. The van der Waals surface area contributed by atoms with Crippen molar-refractivity contribution in [2.24, 2.45) is 15.7 Å². The SMILES string of the molecule is CC1([C@@H]2N=c3cccc(C(N)=O)c3=N2)CCCN1. The average molecular weight is 244 g/mol. The maximum absolute atomic E-state index is 11.4. The molecule has 3 rings (SSSR count). The van der Waals surface area contributed by atoms with Gasteiger partial charge in [0.05, 0.1) is 21.8 Å². The van der Waals surface area contributed by atoms with E-state index in [1.165, 1.54) is 0 Å². The average Bonchev–Trinajstić information content (AvgIpc) is 2.94. The Kier molecular flexibility index (Phi) is 2.45. The molecule has 1 unspecified atom stereocenters. The molecule has 0 spiro atoms. The van der Waals surface area contributed by atoms with Crippen molar-refractivity contribution < 1.29 is 4.79 Å². The number of amides is 1. The number of nitrogens with two attached hydrogens (primary N) is 1. The van der Waals surface area contributed by atoms with Crippen molar-refractivity contribution in [2.75, 3.05) is 6.54 Å². The lowest BCUT2D eigenvalue weighted by atomic mass is 9.97. The van der Waals surface area contributed by atoms with Crippen LogP contribution >= 0.6 is 0 Å². The first kappa shape index (κ1) is 11.3. The third-order valence-corrected chi connectivity index (χ3v) is 3.76. The smallest absolute Gasteiger partial charge is 0.250 e. The molecule has 5 heteroatoms. The van der Waals surface area contributed by atoms with Crippen LogP contribution in [0.5, 0.6) is 0 Å². The molecule has 3 N–H and O–H groups in total. The number of hydrogen-bond acceptors (Lipinski definition) is 4. The maximum atomic E-state index is 11.4. The highest BCUT2D eigenvalue weighted by atomic mass is 16.1. The van der Waals surface area contributed by atoms with Crippen molar-refractivity contribution in [3.05, 3.63) is 34.5 Å². The van der Waals surface area contributed by atoms with Crippen LogP contribution in [0.4, 0.5) is 0 Å². The summed E-state index contributed by atoms with van der Waals surface area (Å²) in [5, 5.41) is 4.87. The van der Waals surface area contributed by atoms with Crippen molar-refractivity contribution in [1.82, 2.24) is 5.32 Å². The van der Waals surface area contributed by atoms with Gasteiger partial charge in [-0.25, -0.2) is 0 Å². The molecule has 0 bridgehead atoms. The standard InChI is InChI=1S/C13H16N4O/c1-13(6-3-7-15-13)12-16-9-5-2-4-8(11(14)18)10(9)17-12/h2,4-5,12,15H,3,6-7H2,1H3,(H2,14,18)/t12-,13?/m1/s1. The lowest BCUT2D eigenvalue weighted by Crippen LogP contribution is -2.45. The van der Waals surface area contributed by atoms with Gasteiger partial charge in [0.25, 0.3) is 5.91 Å². The van der Waals surface area contributed by atoms with Crippen molar-refractivity contribution >= 4 is 5.91 Å². The van der Waals surface area contributed by atoms with Crippen molar-refractivity contribution in [3.63, 3.8) is 0 Å². The zero-order valence-corrected chi connectivity index (χ0v) is 10.3. The Balaban J connectivity index is 2.10. The number of carbonyl (C=O) groups excluding carboxylic acids is 1. The molecule has 0 aliphatic carbocycles. The Hall–Kier alpha value is -1.75. The lowest BCUT2D eigenvalue weighted by Gasteiger charge is -2.27. The number of carbonyl (C=O) groups is 1. The first-order valence-electron chi connectivity index (χ1n) is 6.20. The number of benzene rings is 1. The van der Waals surface area contributed by atoms with Gasteiger partial charge in [-0.2, -0.15) is 0 Å². The Morgan fingerprint density at radius 2 is 2.33 bits per heavy atom. The first-order chi connectivity index (χ1) is 8.60. The minimum absolute atomic E-state index is 0.103. The molecule has 1 aromatic rings. The largest absolute Gasteiger partial charge is 0.366 e. The maximum Gasteiger partial charge on any atom is 0.250 e. The highest BCUT2D eigenvalue weighted by Crippen LogP contribution is 2.25. The number of para-hydroxylation sites is 1. The minimum atomic E-state index is -0.448. The van der Waals surface area contributed by atoms with Crippen LogP contribution in [0.3, 0.4) is 0 Å². The summed E-state index contributed by atoms with van der Waals surface area (Å²) in [5.41, 5.74) is 5.72. The van der Waals surface area contributed by atoms with Gasteiger partial charge in [0.1, 0.15) is 0 Å². The second-order valence-corrected chi connectivity index (χ2v) is 5.12. The Morgan fingerprint density at radius 1 is 1.50 bits per heavy atom. The van der Waals surface area contributed by atoms with E-state index in [1.54, 1.807) is 12.1 Å². The normalized spacial score (nSPS) is 29.5. The second-order valence-electron chi connectivity index (χ2n) is 5.12. The monoisotopic (exact) mass is 244 g/mol. The minimum Gasteiger partial charge on any atom is -0.366 e. The van der Waals surface area contributed by atoms with Crippen molar-refractivity contribution in [3.8, 4) is 0 Å². The van der Waals surface area contributed by atoms with Gasteiger partial charge in [0.2, 0.25) is 0 Å². The van der Waals surface area contributed by atoms with Gasteiger partial charge in [0.15, 0.2) is 6.17 Å². The van der Waals surface area contributed by atoms with E-state index in [4.69, 9.17) is 5.73 Å². The van der Waals surface area contributed by atoms with Gasteiger partial charge in [0, 0.05) is 0 Å². The molecule has 0 saturated carbocycles. The van der Waals surface area contributed by atoms with Gasteiger partial charge in [-0.05, 0) is 38.4 Å². The summed E-state index contributed by atoms with van der Waals surface area (Å²) < 4.78 is 0. The fraction of sp³-hybridized carbons (Fsp3) is 0.462. The van der Waals surface area contributed by atoms with E-state index in [0.717, 1.165) is 24.7 Å². The molecule has 1 aromatic carbocycles. The summed E-state index contributed by atoms with van der Waals surface area (Å²) in [7, 11) is 0. The molecule has 94 valence electrons. The molecule has 0 radical (unpaired) electrons. The lowest BCUT2D eigenvalue weighted by molar-refractivity contribution is 0.0999. The molecular formula is C13H16N4O. The third-order valence-electron chi connectivity index (χ3n) is 3.76. The highest BCUT2D eigenvalue weighted by Gasteiger charge is 2.37. The quantitative estimate of drug-likeness (QED) is 0.736. The molecule has 2 aliphatic heterocycles. The number of nitrogens with one attached hydrogen (secondary N) is 1. The zero-order valence-electron chi connectivity index (χ0n) is 10.3. The predicted octanol–water partition coefficient (Wildman–Crippen LogP) is -0.493. The van der Waals surface area contributed by atoms with Crippen molar-refractivity contribution in [2.45, 2.75) is 31.5 Å². The molecule has 2 heterocycles. The summed E-state index contributed by atoms with van der Waals surface area (Å²) >= 11 is 0. The fourth-order valence-electron chi connectivity index (χ4n) is 2.68. The van der Waals surface area contributed by atoms with E-state index in [2.05, 4.69) is 22.2 Å². The van der Waals surface area contributed by atoms with Crippen molar-refractivity contribution in [1.29, 1.82) is 0 Å². The van der Waals surface area contributed by atoms with E-state index < -0.39 is 5.91 Å². The topological polar surface area (TPSA) is 79.8 Å². The zero-order chi connectivity index (χ0) is 12.8. The summed E-state index contributed by atoms with van der Waals surface area (Å²) in [6.07, 6.45) is 2.03.